The number of fused-ring (bicyclic) bond motifs is 6. The second kappa shape index (κ2) is 14.8. The molecule has 12 rings (SSSR count). The third-order valence-electron chi connectivity index (χ3n) is 12.1. The molecule has 0 spiro atoms. The minimum atomic E-state index is 0.616. The van der Waals surface area contributed by atoms with Crippen molar-refractivity contribution >= 4 is 38.3 Å². The Labute approximate surface area is 359 Å². The standard InChI is InChI=1S/C57H38N4O/c1-5-16-37(17-6-1)43-32-44(38-18-7-2-8-19-38)34-45(33-43)61-51-27-14-13-24-46(51)49-35-41(28-30-52(49)61)42-29-31-53-50(36-42)47-25-15-26-48(54(47)62-53)57-59-55(39-20-9-3-10-21-39)58-56(60-57)40-22-11-4-12-23-40/h1-14,16-24,26-36H,15,25H2. The van der Waals surface area contributed by atoms with E-state index >= 15 is 0 Å². The summed E-state index contributed by atoms with van der Waals surface area (Å²) in [6.07, 6.45) is 3.95. The number of furan rings is 1. The zero-order chi connectivity index (χ0) is 41.0. The molecule has 0 radical (unpaired) electrons. The highest BCUT2D eigenvalue weighted by atomic mass is 16.3. The van der Waals surface area contributed by atoms with Crippen LogP contribution in [0.25, 0.3) is 100 Å². The molecule has 0 bridgehead atoms. The number of aryl methyl sites for hydroxylation is 1. The molecule has 0 atom stereocenters. The Morgan fingerprint density at radius 2 is 0.903 bits per heavy atom. The van der Waals surface area contributed by atoms with E-state index in [-0.39, 0.29) is 0 Å². The van der Waals surface area contributed by atoms with Gasteiger partial charge in [-0.25, -0.2) is 15.0 Å². The molecule has 0 fully saturated rings. The van der Waals surface area contributed by atoms with Crippen LogP contribution in [0.3, 0.4) is 0 Å². The van der Waals surface area contributed by atoms with Crippen LogP contribution in [0.2, 0.25) is 0 Å². The first-order valence-corrected chi connectivity index (χ1v) is 21.1. The van der Waals surface area contributed by atoms with Crippen molar-refractivity contribution in [1.82, 2.24) is 19.5 Å². The van der Waals surface area contributed by atoms with Crippen LogP contribution < -0.4 is 0 Å². The second-order valence-corrected chi connectivity index (χ2v) is 15.9. The Bertz CT molecular complexity index is 3380. The van der Waals surface area contributed by atoms with E-state index in [0.717, 1.165) is 68.6 Å². The highest BCUT2D eigenvalue weighted by Gasteiger charge is 2.26. The first-order chi connectivity index (χ1) is 30.7. The Morgan fingerprint density at radius 3 is 1.53 bits per heavy atom. The zero-order valence-corrected chi connectivity index (χ0v) is 33.7. The van der Waals surface area contributed by atoms with Crippen LogP contribution in [0.5, 0.6) is 0 Å². The molecule has 3 heterocycles. The number of hydrogen-bond donors (Lipinski definition) is 0. The molecule has 0 unspecified atom stereocenters. The molecule has 0 aliphatic heterocycles. The van der Waals surface area contributed by atoms with Crippen molar-refractivity contribution in [2.75, 3.05) is 0 Å². The summed E-state index contributed by atoms with van der Waals surface area (Å²) in [6, 6.07) is 70.8. The number of para-hydroxylation sites is 1. The molecule has 0 amide bonds. The molecular weight excluding hydrogens is 757 g/mol. The molecule has 5 heteroatoms. The first-order valence-electron chi connectivity index (χ1n) is 21.1. The maximum absolute atomic E-state index is 6.73. The predicted molar refractivity (Wildman–Crippen MR) is 253 cm³/mol. The van der Waals surface area contributed by atoms with E-state index in [9.17, 15) is 0 Å². The van der Waals surface area contributed by atoms with Crippen molar-refractivity contribution < 1.29 is 4.42 Å². The lowest BCUT2D eigenvalue weighted by Gasteiger charge is -2.14. The summed E-state index contributed by atoms with van der Waals surface area (Å²) in [7, 11) is 0. The van der Waals surface area contributed by atoms with E-state index in [1.807, 2.05) is 60.7 Å². The summed E-state index contributed by atoms with van der Waals surface area (Å²) in [5, 5.41) is 3.55. The summed E-state index contributed by atoms with van der Waals surface area (Å²) in [5.74, 6) is 2.72. The van der Waals surface area contributed by atoms with Crippen molar-refractivity contribution in [2.24, 2.45) is 0 Å². The largest absolute Gasteiger partial charge is 0.456 e. The molecule has 292 valence electrons. The van der Waals surface area contributed by atoms with Crippen LogP contribution in [-0.2, 0) is 6.42 Å². The summed E-state index contributed by atoms with van der Waals surface area (Å²) in [4.78, 5) is 15.0. The van der Waals surface area contributed by atoms with Gasteiger partial charge in [0.05, 0.1) is 16.6 Å². The van der Waals surface area contributed by atoms with Crippen molar-refractivity contribution in [3.05, 3.63) is 223 Å². The van der Waals surface area contributed by atoms with Crippen LogP contribution in [-0.4, -0.2) is 19.5 Å². The Hall–Kier alpha value is -8.15. The molecule has 5 nitrogen and oxygen atoms in total. The number of benzene rings is 8. The normalized spacial score (nSPS) is 12.5. The Balaban J connectivity index is 0.966. The summed E-state index contributed by atoms with van der Waals surface area (Å²) < 4.78 is 9.15. The lowest BCUT2D eigenvalue weighted by molar-refractivity contribution is 0.590. The van der Waals surface area contributed by atoms with Crippen LogP contribution >= 0.6 is 0 Å². The topological polar surface area (TPSA) is 56.7 Å². The fourth-order valence-electron chi connectivity index (χ4n) is 9.13. The van der Waals surface area contributed by atoms with Crippen LogP contribution in [0, 0.1) is 0 Å². The molecule has 62 heavy (non-hydrogen) atoms. The Morgan fingerprint density at radius 1 is 0.387 bits per heavy atom. The molecule has 8 aromatic carbocycles. The molecule has 11 aromatic rings. The summed E-state index contributed by atoms with van der Waals surface area (Å²) in [6.45, 7) is 0. The van der Waals surface area contributed by atoms with Gasteiger partial charge in [0, 0.05) is 38.5 Å². The number of hydrogen-bond acceptors (Lipinski definition) is 4. The number of allylic oxidation sites excluding steroid dienone is 1. The van der Waals surface area contributed by atoms with Crippen molar-refractivity contribution in [3.63, 3.8) is 0 Å². The average molecular weight is 795 g/mol. The van der Waals surface area contributed by atoms with Gasteiger partial charge >= 0.3 is 0 Å². The van der Waals surface area contributed by atoms with Gasteiger partial charge in [-0.1, -0.05) is 158 Å². The SMILES string of the molecule is C1=C(c2nc(-c3ccccc3)nc(-c3ccccc3)n2)c2oc3ccc(-c4ccc5c(c4)c4ccccc4n5-c4cc(-c5ccccc5)cc(-c5ccccc5)c4)cc3c2CC1. The minimum Gasteiger partial charge on any atom is -0.456 e. The van der Waals surface area contributed by atoms with Gasteiger partial charge in [0.2, 0.25) is 0 Å². The molecule has 0 saturated heterocycles. The third-order valence-corrected chi connectivity index (χ3v) is 12.1. The van der Waals surface area contributed by atoms with Gasteiger partial charge in [0.15, 0.2) is 17.5 Å². The fourth-order valence-corrected chi connectivity index (χ4v) is 9.13. The highest BCUT2D eigenvalue weighted by Crippen LogP contribution is 2.42. The number of nitrogens with zero attached hydrogens (tertiary/aromatic N) is 4. The maximum atomic E-state index is 6.73. The fraction of sp³-hybridized carbons (Fsp3) is 0.0351. The lowest BCUT2D eigenvalue weighted by Crippen LogP contribution is -2.06. The lowest BCUT2D eigenvalue weighted by atomic mass is 9.93. The molecule has 1 aliphatic rings. The highest BCUT2D eigenvalue weighted by molar-refractivity contribution is 6.11. The zero-order valence-electron chi connectivity index (χ0n) is 33.7. The van der Waals surface area contributed by atoms with E-state index < -0.39 is 0 Å². The van der Waals surface area contributed by atoms with Crippen molar-refractivity contribution in [1.29, 1.82) is 0 Å². The van der Waals surface area contributed by atoms with Crippen molar-refractivity contribution in [2.45, 2.75) is 12.8 Å². The summed E-state index contributed by atoms with van der Waals surface area (Å²) >= 11 is 0. The van der Waals surface area contributed by atoms with Gasteiger partial charge < -0.3 is 8.98 Å². The van der Waals surface area contributed by atoms with E-state index in [1.165, 1.54) is 44.1 Å². The van der Waals surface area contributed by atoms with E-state index in [1.54, 1.807) is 0 Å². The smallest absolute Gasteiger partial charge is 0.167 e. The van der Waals surface area contributed by atoms with Crippen molar-refractivity contribution in [3.8, 4) is 61.8 Å². The molecular formula is C57H38N4O. The molecule has 0 saturated carbocycles. The molecule has 3 aromatic heterocycles. The molecule has 1 aliphatic carbocycles. The van der Waals surface area contributed by atoms with Gasteiger partial charge in [-0.3, -0.25) is 0 Å². The van der Waals surface area contributed by atoms with Gasteiger partial charge in [0.1, 0.15) is 11.3 Å². The maximum Gasteiger partial charge on any atom is 0.167 e. The quantitative estimate of drug-likeness (QED) is 0.161. The third kappa shape index (κ3) is 6.22. The van der Waals surface area contributed by atoms with E-state index in [2.05, 4.69) is 150 Å². The van der Waals surface area contributed by atoms with Gasteiger partial charge in [-0.15, -0.1) is 0 Å². The predicted octanol–water partition coefficient (Wildman–Crippen LogP) is 14.4. The monoisotopic (exact) mass is 794 g/mol. The van der Waals surface area contributed by atoms with Gasteiger partial charge in [0.25, 0.3) is 0 Å². The second-order valence-electron chi connectivity index (χ2n) is 15.9. The van der Waals surface area contributed by atoms with E-state index in [0.29, 0.717) is 17.5 Å². The minimum absolute atomic E-state index is 0.616. The average Bonchev–Trinajstić information content (AvgIpc) is 3.90. The molecule has 0 N–H and O–H groups in total. The van der Waals surface area contributed by atoms with Crippen LogP contribution in [0.4, 0.5) is 0 Å². The number of aromatic nitrogens is 4. The van der Waals surface area contributed by atoms with Gasteiger partial charge in [-0.05, 0) is 94.8 Å². The Kier molecular flexibility index (Phi) is 8.56. The van der Waals surface area contributed by atoms with Crippen LogP contribution in [0.15, 0.2) is 211 Å². The first kappa shape index (κ1) is 35.8. The van der Waals surface area contributed by atoms with Crippen LogP contribution in [0.1, 0.15) is 23.6 Å². The summed E-state index contributed by atoms with van der Waals surface area (Å²) in [5.41, 5.74) is 15.4. The number of rotatable bonds is 7. The van der Waals surface area contributed by atoms with Gasteiger partial charge in [-0.2, -0.15) is 0 Å². The van der Waals surface area contributed by atoms with E-state index in [4.69, 9.17) is 19.4 Å².